The van der Waals surface area contributed by atoms with Gasteiger partial charge in [0, 0.05) is 10.4 Å². The lowest BCUT2D eigenvalue weighted by molar-refractivity contribution is 0.0996. The van der Waals surface area contributed by atoms with Crippen molar-refractivity contribution in [1.82, 2.24) is 0 Å². The van der Waals surface area contributed by atoms with Crippen LogP contribution < -0.4 is 5.32 Å². The van der Waals surface area contributed by atoms with Crippen molar-refractivity contribution in [2.75, 3.05) is 5.32 Å². The number of anilines is 1. The van der Waals surface area contributed by atoms with Crippen LogP contribution in [-0.2, 0) is 5.88 Å². The van der Waals surface area contributed by atoms with E-state index in [-0.39, 0.29) is 5.91 Å². The number of nitrogens with one attached hydrogen (secondary N) is 1. The van der Waals surface area contributed by atoms with Crippen LogP contribution in [0.5, 0.6) is 0 Å². The molecule has 0 aromatic carbocycles. The monoisotopic (exact) mass is 283 g/mol. The van der Waals surface area contributed by atoms with Gasteiger partial charge in [-0.15, -0.1) is 22.9 Å². The molecule has 0 atom stereocenters. The van der Waals surface area contributed by atoms with Crippen LogP contribution in [0.1, 0.15) is 32.3 Å². The average molecular weight is 284 g/mol. The SMILES string of the molecule is Cc1cc(NC(=O)c2cc(CCl)c(C)o2)sc1C. The first-order valence-electron chi connectivity index (χ1n) is 5.55. The van der Waals surface area contributed by atoms with Gasteiger partial charge in [0.25, 0.3) is 5.91 Å². The Bertz CT molecular complexity index is 566. The maximum Gasteiger partial charge on any atom is 0.291 e. The molecule has 1 N–H and O–H groups in total. The number of carbonyl (C=O) groups excluding carboxylic acids is 1. The lowest BCUT2D eigenvalue weighted by Gasteiger charge is -1.98. The molecule has 0 spiro atoms. The van der Waals surface area contributed by atoms with E-state index in [2.05, 4.69) is 5.32 Å². The number of furan rings is 1. The van der Waals surface area contributed by atoms with E-state index in [1.807, 2.05) is 19.9 Å². The highest BCUT2D eigenvalue weighted by atomic mass is 35.5. The number of amides is 1. The molecule has 2 heterocycles. The Morgan fingerprint density at radius 1 is 1.39 bits per heavy atom. The second kappa shape index (κ2) is 5.16. The van der Waals surface area contributed by atoms with E-state index >= 15 is 0 Å². The zero-order valence-corrected chi connectivity index (χ0v) is 12.0. The summed E-state index contributed by atoms with van der Waals surface area (Å²) in [5.41, 5.74) is 2.02. The molecule has 96 valence electrons. The molecular formula is C13H14ClNO2S. The summed E-state index contributed by atoms with van der Waals surface area (Å²) in [5, 5.41) is 3.66. The van der Waals surface area contributed by atoms with Crippen LogP contribution in [0, 0.1) is 20.8 Å². The van der Waals surface area contributed by atoms with Gasteiger partial charge in [0.05, 0.1) is 10.9 Å². The third kappa shape index (κ3) is 2.60. The fourth-order valence-electron chi connectivity index (χ4n) is 1.57. The normalized spacial score (nSPS) is 10.7. The largest absolute Gasteiger partial charge is 0.456 e. The van der Waals surface area contributed by atoms with Crippen LogP contribution >= 0.6 is 22.9 Å². The molecular weight excluding hydrogens is 270 g/mol. The van der Waals surface area contributed by atoms with E-state index in [9.17, 15) is 4.79 Å². The number of aryl methyl sites for hydroxylation is 3. The lowest BCUT2D eigenvalue weighted by Crippen LogP contribution is -2.09. The molecule has 0 bridgehead atoms. The molecule has 0 fully saturated rings. The second-order valence-electron chi connectivity index (χ2n) is 4.13. The molecule has 0 unspecified atom stereocenters. The van der Waals surface area contributed by atoms with E-state index in [0.717, 1.165) is 10.6 Å². The Morgan fingerprint density at radius 2 is 2.11 bits per heavy atom. The van der Waals surface area contributed by atoms with Gasteiger partial charge in [-0.3, -0.25) is 4.79 Å². The molecule has 3 nitrogen and oxygen atoms in total. The molecule has 0 saturated heterocycles. The molecule has 0 radical (unpaired) electrons. The van der Waals surface area contributed by atoms with Gasteiger partial charge < -0.3 is 9.73 Å². The van der Waals surface area contributed by atoms with Gasteiger partial charge in [0.1, 0.15) is 5.76 Å². The minimum atomic E-state index is -0.240. The number of thiophene rings is 1. The Kier molecular flexibility index (Phi) is 3.78. The molecule has 2 rings (SSSR count). The summed E-state index contributed by atoms with van der Waals surface area (Å²) in [5.74, 6) is 1.09. The van der Waals surface area contributed by atoms with Gasteiger partial charge in [-0.1, -0.05) is 0 Å². The number of halogens is 1. The van der Waals surface area contributed by atoms with Crippen molar-refractivity contribution in [1.29, 1.82) is 0 Å². The van der Waals surface area contributed by atoms with E-state index < -0.39 is 0 Å². The van der Waals surface area contributed by atoms with Crippen molar-refractivity contribution in [3.63, 3.8) is 0 Å². The third-order valence-corrected chi connectivity index (χ3v) is 4.15. The van der Waals surface area contributed by atoms with Crippen molar-refractivity contribution >= 4 is 33.8 Å². The zero-order chi connectivity index (χ0) is 13.3. The summed E-state index contributed by atoms with van der Waals surface area (Å²) in [6.07, 6.45) is 0. The standard InChI is InChI=1S/C13H14ClNO2S/c1-7-4-12(18-9(7)3)15-13(16)11-5-10(6-14)8(2)17-11/h4-5H,6H2,1-3H3,(H,15,16). The van der Waals surface area contributed by atoms with E-state index in [1.54, 1.807) is 24.3 Å². The van der Waals surface area contributed by atoms with Gasteiger partial charge in [-0.2, -0.15) is 0 Å². The third-order valence-electron chi connectivity index (χ3n) is 2.79. The highest BCUT2D eigenvalue weighted by Gasteiger charge is 2.15. The predicted molar refractivity (Wildman–Crippen MR) is 74.7 cm³/mol. The number of rotatable bonds is 3. The Labute approximate surface area is 115 Å². The molecule has 0 saturated carbocycles. The van der Waals surface area contributed by atoms with Crippen LogP contribution in [-0.4, -0.2) is 5.91 Å². The van der Waals surface area contributed by atoms with E-state index in [4.69, 9.17) is 16.0 Å². The van der Waals surface area contributed by atoms with Crippen LogP contribution in [0.4, 0.5) is 5.00 Å². The molecule has 1 amide bonds. The van der Waals surface area contributed by atoms with Crippen molar-refractivity contribution in [2.45, 2.75) is 26.7 Å². The summed E-state index contributed by atoms with van der Waals surface area (Å²) in [7, 11) is 0. The van der Waals surface area contributed by atoms with Gasteiger partial charge >= 0.3 is 0 Å². The van der Waals surface area contributed by atoms with Crippen LogP contribution in [0.3, 0.4) is 0 Å². The van der Waals surface area contributed by atoms with Crippen molar-refractivity contribution in [3.8, 4) is 0 Å². The van der Waals surface area contributed by atoms with Crippen LogP contribution in [0.15, 0.2) is 16.5 Å². The maximum atomic E-state index is 12.0. The summed E-state index contributed by atoms with van der Waals surface area (Å²) in [4.78, 5) is 13.2. The number of carbonyl (C=O) groups is 1. The maximum absolute atomic E-state index is 12.0. The van der Waals surface area contributed by atoms with Crippen molar-refractivity contribution in [3.05, 3.63) is 39.7 Å². The van der Waals surface area contributed by atoms with Gasteiger partial charge in [-0.05, 0) is 38.5 Å². The Morgan fingerprint density at radius 3 is 2.61 bits per heavy atom. The van der Waals surface area contributed by atoms with Gasteiger partial charge in [0.15, 0.2) is 5.76 Å². The fraction of sp³-hybridized carbons (Fsp3) is 0.308. The molecule has 18 heavy (non-hydrogen) atoms. The zero-order valence-electron chi connectivity index (χ0n) is 10.5. The first-order chi connectivity index (χ1) is 8.51. The molecule has 0 aliphatic carbocycles. The molecule has 2 aromatic rings. The first-order valence-corrected chi connectivity index (χ1v) is 6.90. The summed E-state index contributed by atoms with van der Waals surface area (Å²) in [6.45, 7) is 5.84. The van der Waals surface area contributed by atoms with Crippen LogP contribution in [0.25, 0.3) is 0 Å². The Hall–Kier alpha value is -1.26. The molecule has 0 aliphatic rings. The first kappa shape index (κ1) is 13.2. The minimum Gasteiger partial charge on any atom is -0.456 e. The lowest BCUT2D eigenvalue weighted by atomic mass is 10.3. The van der Waals surface area contributed by atoms with E-state index in [0.29, 0.717) is 17.4 Å². The van der Waals surface area contributed by atoms with Gasteiger partial charge in [-0.25, -0.2) is 0 Å². The fourth-order valence-corrected chi connectivity index (χ4v) is 2.77. The number of alkyl halides is 1. The summed E-state index contributed by atoms with van der Waals surface area (Å²) < 4.78 is 5.38. The van der Waals surface area contributed by atoms with Crippen molar-refractivity contribution in [2.24, 2.45) is 0 Å². The summed E-state index contributed by atoms with van der Waals surface area (Å²) >= 11 is 7.30. The quantitative estimate of drug-likeness (QED) is 0.855. The van der Waals surface area contributed by atoms with Gasteiger partial charge in [0.2, 0.25) is 0 Å². The molecule has 5 heteroatoms. The highest BCUT2D eigenvalue weighted by Crippen LogP contribution is 2.26. The minimum absolute atomic E-state index is 0.240. The molecule has 2 aromatic heterocycles. The highest BCUT2D eigenvalue weighted by molar-refractivity contribution is 7.16. The second-order valence-corrected chi connectivity index (χ2v) is 5.65. The topological polar surface area (TPSA) is 42.2 Å². The summed E-state index contributed by atoms with van der Waals surface area (Å²) in [6, 6.07) is 3.64. The predicted octanol–water partition coefficient (Wildman–Crippen LogP) is 4.26. The van der Waals surface area contributed by atoms with Crippen molar-refractivity contribution < 1.29 is 9.21 Å². The van der Waals surface area contributed by atoms with E-state index in [1.165, 1.54) is 10.4 Å². The average Bonchev–Trinajstić information content (AvgIpc) is 2.83. The smallest absolute Gasteiger partial charge is 0.291 e. The number of hydrogen-bond donors (Lipinski definition) is 1. The van der Waals surface area contributed by atoms with Crippen LogP contribution in [0.2, 0.25) is 0 Å². The number of hydrogen-bond acceptors (Lipinski definition) is 3. The Balaban J connectivity index is 2.16. The molecule has 0 aliphatic heterocycles.